The third kappa shape index (κ3) is 3.09. The van der Waals surface area contributed by atoms with E-state index >= 15 is 0 Å². The van der Waals surface area contributed by atoms with Crippen molar-refractivity contribution in [3.8, 4) is 10.6 Å². The van der Waals surface area contributed by atoms with E-state index in [1.165, 1.54) is 15.0 Å². The van der Waals surface area contributed by atoms with E-state index in [0.29, 0.717) is 6.04 Å². The van der Waals surface area contributed by atoms with Crippen molar-refractivity contribution in [2.75, 3.05) is 5.32 Å². The van der Waals surface area contributed by atoms with Gasteiger partial charge in [0.2, 0.25) is 0 Å². The molecular formula is C21H22N4OS. The van der Waals surface area contributed by atoms with Crippen LogP contribution in [0.15, 0.2) is 42.5 Å². The van der Waals surface area contributed by atoms with Gasteiger partial charge >= 0.3 is 0 Å². The van der Waals surface area contributed by atoms with Gasteiger partial charge in [0.05, 0.1) is 16.7 Å². The van der Waals surface area contributed by atoms with Crippen molar-refractivity contribution in [2.24, 2.45) is 0 Å². The second-order valence-corrected chi connectivity index (χ2v) is 8.42. The number of imidazole rings is 1. The summed E-state index contributed by atoms with van der Waals surface area (Å²) < 4.78 is 3.23. The first-order chi connectivity index (χ1) is 13.2. The molecule has 6 heteroatoms. The molecular weight excluding hydrogens is 356 g/mol. The Balaban J connectivity index is 1.53. The van der Waals surface area contributed by atoms with Gasteiger partial charge in [-0.1, -0.05) is 18.2 Å². The summed E-state index contributed by atoms with van der Waals surface area (Å²) in [6.45, 7) is 2.05. The maximum absolute atomic E-state index is 9.70. The number of thiophene rings is 1. The molecule has 1 aliphatic rings. The van der Waals surface area contributed by atoms with Crippen LogP contribution in [-0.2, 0) is 0 Å². The molecule has 0 aliphatic heterocycles. The van der Waals surface area contributed by atoms with Crippen molar-refractivity contribution in [1.82, 2.24) is 14.6 Å². The molecule has 138 valence electrons. The van der Waals surface area contributed by atoms with E-state index in [-0.39, 0.29) is 6.10 Å². The fourth-order valence-electron chi connectivity index (χ4n) is 3.93. The number of aliphatic hydroxyl groups excluding tert-OH is 1. The minimum absolute atomic E-state index is 0.144. The Labute approximate surface area is 161 Å². The summed E-state index contributed by atoms with van der Waals surface area (Å²) in [7, 11) is 0. The SMILES string of the molecule is Cc1nc2ccc(N[C@H]3CC[C@H](O)CC3)nn2c1-c1cc2ccccc2s1. The van der Waals surface area contributed by atoms with Gasteiger partial charge < -0.3 is 10.4 Å². The van der Waals surface area contributed by atoms with Crippen LogP contribution >= 0.6 is 11.3 Å². The topological polar surface area (TPSA) is 62.5 Å². The lowest BCUT2D eigenvalue weighted by Gasteiger charge is -2.26. The van der Waals surface area contributed by atoms with Crippen molar-refractivity contribution in [1.29, 1.82) is 0 Å². The molecule has 2 N–H and O–H groups in total. The first kappa shape index (κ1) is 16.7. The van der Waals surface area contributed by atoms with Gasteiger partial charge in [0, 0.05) is 10.7 Å². The van der Waals surface area contributed by atoms with Gasteiger partial charge in [-0.3, -0.25) is 0 Å². The van der Waals surface area contributed by atoms with Crippen LogP contribution in [0.1, 0.15) is 31.4 Å². The monoisotopic (exact) mass is 378 g/mol. The van der Waals surface area contributed by atoms with Crippen LogP contribution < -0.4 is 5.32 Å². The minimum Gasteiger partial charge on any atom is -0.393 e. The molecule has 3 aromatic heterocycles. The van der Waals surface area contributed by atoms with E-state index in [1.54, 1.807) is 11.3 Å². The Bertz CT molecular complexity index is 1070. The predicted molar refractivity (Wildman–Crippen MR) is 110 cm³/mol. The summed E-state index contributed by atoms with van der Waals surface area (Å²) in [4.78, 5) is 5.89. The summed E-state index contributed by atoms with van der Waals surface area (Å²) in [5.74, 6) is 0.864. The Morgan fingerprint density at radius 3 is 2.74 bits per heavy atom. The molecule has 3 heterocycles. The molecule has 1 aromatic carbocycles. The predicted octanol–water partition coefficient (Wildman–Crippen LogP) is 4.63. The molecule has 0 amide bonds. The number of nitrogens with zero attached hydrogens (tertiary/aromatic N) is 3. The third-order valence-corrected chi connectivity index (χ3v) is 6.48. The summed E-state index contributed by atoms with van der Waals surface area (Å²) in [6.07, 6.45) is 3.53. The Hall–Kier alpha value is -2.44. The zero-order valence-electron chi connectivity index (χ0n) is 15.2. The van der Waals surface area contributed by atoms with E-state index in [2.05, 4.69) is 35.6 Å². The summed E-state index contributed by atoms with van der Waals surface area (Å²) in [5, 5.41) is 19.3. The second-order valence-electron chi connectivity index (χ2n) is 7.33. The standard InChI is InChI=1S/C21H22N4OS/c1-13-21(18-12-14-4-2-3-5-17(14)27-18)25-20(22-13)11-10-19(24-25)23-15-6-8-16(26)9-7-15/h2-5,10-12,15-16,26H,6-9H2,1H3,(H,23,24)/t15-,16-. The van der Waals surface area contributed by atoms with Crippen LogP contribution in [0.4, 0.5) is 5.82 Å². The lowest BCUT2D eigenvalue weighted by atomic mass is 9.93. The Morgan fingerprint density at radius 2 is 1.93 bits per heavy atom. The zero-order chi connectivity index (χ0) is 18.4. The van der Waals surface area contributed by atoms with Crippen molar-refractivity contribution in [3.63, 3.8) is 0 Å². The second kappa shape index (κ2) is 6.62. The molecule has 1 aliphatic carbocycles. The number of aryl methyl sites for hydroxylation is 1. The number of hydrogen-bond donors (Lipinski definition) is 2. The summed E-state index contributed by atoms with van der Waals surface area (Å²) in [6, 6.07) is 15.1. The number of anilines is 1. The maximum atomic E-state index is 9.70. The number of benzene rings is 1. The number of rotatable bonds is 3. The smallest absolute Gasteiger partial charge is 0.154 e. The van der Waals surface area contributed by atoms with Crippen molar-refractivity contribution in [3.05, 3.63) is 48.2 Å². The maximum Gasteiger partial charge on any atom is 0.154 e. The van der Waals surface area contributed by atoms with Gasteiger partial charge in [-0.25, -0.2) is 9.50 Å². The van der Waals surface area contributed by atoms with Crippen LogP contribution in [0.3, 0.4) is 0 Å². The summed E-state index contributed by atoms with van der Waals surface area (Å²) in [5.41, 5.74) is 2.92. The fourth-order valence-corrected chi connectivity index (χ4v) is 5.08. The van der Waals surface area contributed by atoms with E-state index in [9.17, 15) is 5.11 Å². The Kier molecular flexibility index (Phi) is 4.10. The molecule has 0 unspecified atom stereocenters. The molecule has 5 rings (SSSR count). The van der Waals surface area contributed by atoms with E-state index in [4.69, 9.17) is 10.1 Å². The third-order valence-electron chi connectivity index (χ3n) is 5.36. The average Bonchev–Trinajstić information content (AvgIpc) is 3.23. The fraction of sp³-hybridized carbons (Fsp3) is 0.333. The molecule has 0 atom stereocenters. The van der Waals surface area contributed by atoms with Gasteiger partial charge in [-0.05, 0) is 62.3 Å². The van der Waals surface area contributed by atoms with Gasteiger partial charge in [0.25, 0.3) is 0 Å². The number of fused-ring (bicyclic) bond motifs is 2. The number of aromatic nitrogens is 3. The van der Waals surface area contributed by atoms with E-state index in [0.717, 1.165) is 48.5 Å². The molecule has 0 saturated heterocycles. The highest BCUT2D eigenvalue weighted by molar-refractivity contribution is 7.22. The normalized spacial score (nSPS) is 20.4. The number of hydrogen-bond acceptors (Lipinski definition) is 5. The lowest BCUT2D eigenvalue weighted by molar-refractivity contribution is 0.126. The van der Waals surface area contributed by atoms with E-state index in [1.807, 2.05) is 23.6 Å². The quantitative estimate of drug-likeness (QED) is 0.545. The molecule has 1 saturated carbocycles. The van der Waals surface area contributed by atoms with Gasteiger partial charge in [-0.15, -0.1) is 16.4 Å². The molecule has 0 bridgehead atoms. The molecule has 1 fully saturated rings. The zero-order valence-corrected chi connectivity index (χ0v) is 16.0. The van der Waals surface area contributed by atoms with Crippen LogP contribution in [0.5, 0.6) is 0 Å². The lowest BCUT2D eigenvalue weighted by Crippen LogP contribution is -2.28. The average molecular weight is 379 g/mol. The highest BCUT2D eigenvalue weighted by Gasteiger charge is 2.20. The van der Waals surface area contributed by atoms with Crippen molar-refractivity contribution < 1.29 is 5.11 Å². The van der Waals surface area contributed by atoms with E-state index < -0.39 is 0 Å². The van der Waals surface area contributed by atoms with Gasteiger partial charge in [0.15, 0.2) is 5.65 Å². The molecule has 5 nitrogen and oxygen atoms in total. The van der Waals surface area contributed by atoms with Crippen LogP contribution in [0.25, 0.3) is 26.3 Å². The molecule has 4 aromatic rings. The molecule has 0 radical (unpaired) electrons. The first-order valence-corrected chi connectivity index (χ1v) is 10.3. The van der Waals surface area contributed by atoms with Crippen molar-refractivity contribution in [2.45, 2.75) is 44.8 Å². The highest BCUT2D eigenvalue weighted by Crippen LogP contribution is 2.35. The number of nitrogens with one attached hydrogen (secondary N) is 1. The highest BCUT2D eigenvalue weighted by atomic mass is 32.1. The first-order valence-electron chi connectivity index (χ1n) is 9.47. The van der Waals surface area contributed by atoms with Crippen molar-refractivity contribution >= 4 is 32.9 Å². The molecule has 0 spiro atoms. The molecule has 27 heavy (non-hydrogen) atoms. The van der Waals surface area contributed by atoms with Gasteiger partial charge in [0.1, 0.15) is 11.5 Å². The van der Waals surface area contributed by atoms with Crippen LogP contribution in [0, 0.1) is 6.92 Å². The largest absolute Gasteiger partial charge is 0.393 e. The number of aliphatic hydroxyl groups is 1. The minimum atomic E-state index is -0.144. The van der Waals surface area contributed by atoms with Crippen LogP contribution in [-0.4, -0.2) is 31.9 Å². The van der Waals surface area contributed by atoms with Gasteiger partial charge in [-0.2, -0.15) is 0 Å². The summed E-state index contributed by atoms with van der Waals surface area (Å²) >= 11 is 1.78. The van der Waals surface area contributed by atoms with Crippen LogP contribution in [0.2, 0.25) is 0 Å². The Morgan fingerprint density at radius 1 is 1.11 bits per heavy atom.